The van der Waals surface area contributed by atoms with Gasteiger partial charge in [0.2, 0.25) is 0 Å². The van der Waals surface area contributed by atoms with Crippen molar-refractivity contribution in [1.29, 1.82) is 0 Å². The number of aliphatic hydroxyl groups excluding tert-OH is 1. The van der Waals surface area contributed by atoms with Crippen molar-refractivity contribution in [2.45, 2.75) is 25.9 Å². The van der Waals surface area contributed by atoms with Crippen molar-refractivity contribution >= 4 is 0 Å². The molecular weight excluding hydrogens is 183 g/mol. The molecule has 0 bridgehead atoms. The van der Waals surface area contributed by atoms with E-state index in [4.69, 9.17) is 9.84 Å². The monoisotopic (exact) mass is 198 g/mol. The summed E-state index contributed by atoms with van der Waals surface area (Å²) in [5.41, 5.74) is 0.538. The van der Waals surface area contributed by atoms with Crippen LogP contribution in [-0.2, 0) is 6.42 Å². The van der Waals surface area contributed by atoms with E-state index in [-0.39, 0.29) is 5.82 Å². The Morgan fingerprint density at radius 2 is 2.21 bits per heavy atom. The van der Waals surface area contributed by atoms with Gasteiger partial charge in [-0.15, -0.1) is 0 Å². The number of aliphatic hydroxyl groups is 1. The molecule has 0 aliphatic rings. The average molecular weight is 198 g/mol. The Bertz CT molecular complexity index is 297. The number of ether oxygens (including phenoxy) is 1. The molecular formula is C11H15FO2. The molecule has 14 heavy (non-hydrogen) atoms. The second-order valence-corrected chi connectivity index (χ2v) is 3.31. The van der Waals surface area contributed by atoms with E-state index in [1.807, 2.05) is 0 Å². The van der Waals surface area contributed by atoms with Gasteiger partial charge in [0, 0.05) is 5.56 Å². The van der Waals surface area contributed by atoms with Gasteiger partial charge in [-0.05, 0) is 31.9 Å². The first kappa shape index (κ1) is 11.0. The minimum absolute atomic E-state index is 0.273. The van der Waals surface area contributed by atoms with Crippen LogP contribution in [0.25, 0.3) is 0 Å². The van der Waals surface area contributed by atoms with Crippen LogP contribution >= 0.6 is 0 Å². The Kier molecular flexibility index (Phi) is 3.89. The molecule has 1 N–H and O–H groups in total. The Morgan fingerprint density at radius 1 is 1.50 bits per heavy atom. The van der Waals surface area contributed by atoms with Gasteiger partial charge in [-0.1, -0.05) is 6.07 Å². The number of methoxy groups -OCH3 is 1. The minimum Gasteiger partial charge on any atom is -0.496 e. The fourth-order valence-corrected chi connectivity index (χ4v) is 1.33. The fourth-order valence-electron chi connectivity index (χ4n) is 1.33. The molecule has 0 radical (unpaired) electrons. The molecule has 0 spiro atoms. The summed E-state index contributed by atoms with van der Waals surface area (Å²) in [4.78, 5) is 0. The van der Waals surface area contributed by atoms with Gasteiger partial charge in [-0.25, -0.2) is 4.39 Å². The van der Waals surface area contributed by atoms with E-state index in [1.165, 1.54) is 13.2 Å². The summed E-state index contributed by atoms with van der Waals surface area (Å²) in [6.45, 7) is 1.69. The Labute approximate surface area is 83.3 Å². The summed E-state index contributed by atoms with van der Waals surface area (Å²) < 4.78 is 18.4. The third kappa shape index (κ3) is 2.70. The second kappa shape index (κ2) is 4.96. The maximum absolute atomic E-state index is 13.3. The number of hydrogen-bond acceptors (Lipinski definition) is 2. The zero-order chi connectivity index (χ0) is 10.6. The van der Waals surface area contributed by atoms with Gasteiger partial charge in [0.1, 0.15) is 11.6 Å². The summed E-state index contributed by atoms with van der Waals surface area (Å²) in [7, 11) is 1.51. The van der Waals surface area contributed by atoms with E-state index >= 15 is 0 Å². The van der Waals surface area contributed by atoms with Crippen molar-refractivity contribution in [1.82, 2.24) is 0 Å². The highest BCUT2D eigenvalue weighted by atomic mass is 19.1. The standard InChI is InChI=1S/C11H15FO2/c1-8(13)6-7-9-10(12)4-3-5-11(9)14-2/h3-5,8,13H,6-7H2,1-2H3/t8-/m1/s1. The van der Waals surface area contributed by atoms with Crippen molar-refractivity contribution < 1.29 is 14.2 Å². The SMILES string of the molecule is COc1cccc(F)c1CC[C@@H](C)O. The summed E-state index contributed by atoms with van der Waals surface area (Å²) in [6.07, 6.45) is 0.615. The number of hydrogen-bond donors (Lipinski definition) is 1. The summed E-state index contributed by atoms with van der Waals surface area (Å²) in [5, 5.41) is 9.10. The molecule has 0 unspecified atom stereocenters. The van der Waals surface area contributed by atoms with Crippen LogP contribution in [0.1, 0.15) is 18.9 Å². The molecule has 1 aromatic carbocycles. The maximum atomic E-state index is 13.3. The first-order valence-electron chi connectivity index (χ1n) is 4.64. The molecule has 3 heteroatoms. The predicted molar refractivity (Wildman–Crippen MR) is 53.0 cm³/mol. The highest BCUT2D eigenvalue weighted by molar-refractivity contribution is 5.34. The van der Waals surface area contributed by atoms with E-state index in [1.54, 1.807) is 19.1 Å². The van der Waals surface area contributed by atoms with Crippen molar-refractivity contribution in [2.75, 3.05) is 7.11 Å². The lowest BCUT2D eigenvalue weighted by molar-refractivity contribution is 0.184. The van der Waals surface area contributed by atoms with Gasteiger partial charge >= 0.3 is 0 Å². The molecule has 0 heterocycles. The maximum Gasteiger partial charge on any atom is 0.130 e. The van der Waals surface area contributed by atoms with Crippen molar-refractivity contribution in [3.05, 3.63) is 29.6 Å². The van der Waals surface area contributed by atoms with Crippen LogP contribution in [0.4, 0.5) is 4.39 Å². The Hall–Kier alpha value is -1.09. The van der Waals surface area contributed by atoms with Crippen molar-refractivity contribution in [3.8, 4) is 5.75 Å². The number of rotatable bonds is 4. The van der Waals surface area contributed by atoms with Crippen LogP contribution in [0.15, 0.2) is 18.2 Å². The highest BCUT2D eigenvalue weighted by Gasteiger charge is 2.09. The van der Waals surface area contributed by atoms with Crippen LogP contribution in [0.3, 0.4) is 0 Å². The molecule has 0 aliphatic heterocycles. The van der Waals surface area contributed by atoms with Crippen molar-refractivity contribution in [2.24, 2.45) is 0 Å². The predicted octanol–water partition coefficient (Wildman–Crippen LogP) is 2.15. The largest absolute Gasteiger partial charge is 0.496 e. The van der Waals surface area contributed by atoms with Gasteiger partial charge in [0.25, 0.3) is 0 Å². The molecule has 1 atom stereocenters. The number of halogens is 1. The lowest BCUT2D eigenvalue weighted by atomic mass is 10.1. The van der Waals surface area contributed by atoms with Crippen LogP contribution in [0, 0.1) is 5.82 Å². The Morgan fingerprint density at radius 3 is 2.79 bits per heavy atom. The van der Waals surface area contributed by atoms with Gasteiger partial charge in [-0.3, -0.25) is 0 Å². The quantitative estimate of drug-likeness (QED) is 0.803. The van der Waals surface area contributed by atoms with E-state index in [0.29, 0.717) is 24.2 Å². The van der Waals surface area contributed by atoms with Gasteiger partial charge < -0.3 is 9.84 Å². The van der Waals surface area contributed by atoms with Crippen LogP contribution in [-0.4, -0.2) is 18.3 Å². The van der Waals surface area contributed by atoms with Gasteiger partial charge in [0.15, 0.2) is 0 Å². The molecule has 0 fully saturated rings. The van der Waals surface area contributed by atoms with Gasteiger partial charge in [0.05, 0.1) is 13.2 Å². The second-order valence-electron chi connectivity index (χ2n) is 3.31. The van der Waals surface area contributed by atoms with E-state index in [9.17, 15) is 4.39 Å². The zero-order valence-electron chi connectivity index (χ0n) is 8.46. The zero-order valence-corrected chi connectivity index (χ0v) is 8.46. The normalized spacial score (nSPS) is 12.6. The van der Waals surface area contributed by atoms with E-state index < -0.39 is 6.10 Å². The molecule has 0 saturated carbocycles. The van der Waals surface area contributed by atoms with Gasteiger partial charge in [-0.2, -0.15) is 0 Å². The molecule has 0 amide bonds. The highest BCUT2D eigenvalue weighted by Crippen LogP contribution is 2.22. The summed E-state index contributed by atoms with van der Waals surface area (Å²) in [5.74, 6) is 0.274. The van der Waals surface area contributed by atoms with E-state index in [2.05, 4.69) is 0 Å². The first-order chi connectivity index (χ1) is 6.65. The average Bonchev–Trinajstić information content (AvgIpc) is 2.15. The molecule has 1 rings (SSSR count). The lowest BCUT2D eigenvalue weighted by Crippen LogP contribution is -2.04. The van der Waals surface area contributed by atoms with Crippen LogP contribution in [0.2, 0.25) is 0 Å². The molecule has 0 aliphatic carbocycles. The molecule has 2 nitrogen and oxygen atoms in total. The fraction of sp³-hybridized carbons (Fsp3) is 0.455. The van der Waals surface area contributed by atoms with E-state index in [0.717, 1.165) is 0 Å². The summed E-state index contributed by atoms with van der Waals surface area (Å²) >= 11 is 0. The van der Waals surface area contributed by atoms with Crippen LogP contribution in [0.5, 0.6) is 5.75 Å². The summed E-state index contributed by atoms with van der Waals surface area (Å²) in [6, 6.07) is 4.74. The Balaban J connectivity index is 2.82. The topological polar surface area (TPSA) is 29.5 Å². The molecule has 1 aromatic rings. The third-order valence-corrected chi connectivity index (χ3v) is 2.11. The third-order valence-electron chi connectivity index (χ3n) is 2.11. The number of benzene rings is 1. The minimum atomic E-state index is -0.417. The van der Waals surface area contributed by atoms with Crippen LogP contribution < -0.4 is 4.74 Å². The van der Waals surface area contributed by atoms with Crippen molar-refractivity contribution in [3.63, 3.8) is 0 Å². The molecule has 0 aromatic heterocycles. The smallest absolute Gasteiger partial charge is 0.130 e. The molecule has 0 saturated heterocycles. The lowest BCUT2D eigenvalue weighted by Gasteiger charge is -2.10. The molecule has 78 valence electrons. The first-order valence-corrected chi connectivity index (χ1v) is 4.64.